The van der Waals surface area contributed by atoms with Crippen molar-refractivity contribution >= 4 is 17.7 Å². The molecule has 9 heteroatoms. The molecule has 1 unspecified atom stereocenters. The number of ether oxygens (including phenoxy) is 2. The van der Waals surface area contributed by atoms with Crippen molar-refractivity contribution in [3.8, 4) is 0 Å². The summed E-state index contributed by atoms with van der Waals surface area (Å²) in [7, 11) is 0. The second kappa shape index (κ2) is 12.8. The average molecular weight is 609 g/mol. The minimum Gasteiger partial charge on any atom is -0.444 e. The Hall–Kier alpha value is -3.01. The lowest BCUT2D eigenvalue weighted by atomic mass is 9.86. The minimum absolute atomic E-state index is 0.0249. The Bertz CT molecular complexity index is 1340. The number of amides is 2. The predicted octanol–water partition coefficient (Wildman–Crippen LogP) is 5.07. The van der Waals surface area contributed by atoms with Gasteiger partial charge in [-0.05, 0) is 75.9 Å². The molecule has 3 heterocycles. The highest BCUT2D eigenvalue weighted by Gasteiger charge is 2.42. The van der Waals surface area contributed by atoms with Crippen LogP contribution in [0.5, 0.6) is 0 Å². The highest BCUT2D eigenvalue weighted by molar-refractivity contribution is 5.97. The molecule has 2 fully saturated rings. The van der Waals surface area contributed by atoms with Crippen LogP contribution in [0.2, 0.25) is 0 Å². The van der Waals surface area contributed by atoms with Gasteiger partial charge in [0.1, 0.15) is 11.4 Å². The number of fused-ring (bicyclic) bond motifs is 1. The van der Waals surface area contributed by atoms with Crippen LogP contribution >= 0.6 is 0 Å². The van der Waals surface area contributed by atoms with Crippen LogP contribution in [0.15, 0.2) is 42.5 Å². The second-order valence-electron chi connectivity index (χ2n) is 14.5. The first kappa shape index (κ1) is 32.4. The molecule has 0 spiro atoms. The van der Waals surface area contributed by atoms with E-state index in [0.29, 0.717) is 39.3 Å². The summed E-state index contributed by atoms with van der Waals surface area (Å²) in [6.07, 6.45) is 0.361. The molecule has 3 atom stereocenters. The topological polar surface area (TPSA) is 65.6 Å². The number of halogens is 1. The van der Waals surface area contributed by atoms with Gasteiger partial charge in [0.05, 0.1) is 19.8 Å². The number of carbonyl (C=O) groups is 2. The predicted molar refractivity (Wildman–Crippen MR) is 171 cm³/mol. The summed E-state index contributed by atoms with van der Waals surface area (Å²) < 4.78 is 24.9. The van der Waals surface area contributed by atoms with Gasteiger partial charge in [-0.15, -0.1) is 0 Å². The van der Waals surface area contributed by atoms with E-state index in [1.54, 1.807) is 0 Å². The number of anilines is 1. The lowest BCUT2D eigenvalue weighted by Gasteiger charge is -2.47. The van der Waals surface area contributed by atoms with Gasteiger partial charge in [0, 0.05) is 62.0 Å². The molecule has 0 aliphatic carbocycles. The first-order valence-corrected chi connectivity index (χ1v) is 15.9. The molecule has 3 aliphatic heterocycles. The maximum atomic E-state index is 14.2. The van der Waals surface area contributed by atoms with Gasteiger partial charge in [-0.25, -0.2) is 9.18 Å². The Morgan fingerprint density at radius 2 is 1.70 bits per heavy atom. The van der Waals surface area contributed by atoms with Gasteiger partial charge in [-0.1, -0.05) is 38.1 Å². The van der Waals surface area contributed by atoms with Crippen molar-refractivity contribution in [2.45, 2.75) is 84.0 Å². The molecule has 44 heavy (non-hydrogen) atoms. The highest BCUT2D eigenvalue weighted by atomic mass is 19.1. The first-order valence-electron chi connectivity index (χ1n) is 15.9. The monoisotopic (exact) mass is 608 g/mol. The van der Waals surface area contributed by atoms with E-state index in [1.807, 2.05) is 49.6 Å². The van der Waals surface area contributed by atoms with Crippen molar-refractivity contribution in [1.82, 2.24) is 14.7 Å². The molecule has 8 nitrogen and oxygen atoms in total. The van der Waals surface area contributed by atoms with E-state index in [0.717, 1.165) is 35.5 Å². The largest absolute Gasteiger partial charge is 0.444 e. The Balaban J connectivity index is 1.36. The van der Waals surface area contributed by atoms with Crippen LogP contribution in [-0.2, 0) is 26.1 Å². The van der Waals surface area contributed by atoms with Gasteiger partial charge in [0.25, 0.3) is 0 Å². The molecule has 3 aliphatic rings. The van der Waals surface area contributed by atoms with Gasteiger partial charge >= 0.3 is 6.09 Å². The third-order valence-electron chi connectivity index (χ3n) is 9.13. The van der Waals surface area contributed by atoms with Crippen molar-refractivity contribution in [3.63, 3.8) is 0 Å². The molecule has 2 aromatic rings. The molecule has 240 valence electrons. The number of rotatable bonds is 6. The van der Waals surface area contributed by atoms with Crippen molar-refractivity contribution in [1.29, 1.82) is 0 Å². The van der Waals surface area contributed by atoms with Crippen LogP contribution in [-0.4, -0.2) is 103 Å². The van der Waals surface area contributed by atoms with Crippen LogP contribution in [0.3, 0.4) is 0 Å². The summed E-state index contributed by atoms with van der Waals surface area (Å²) in [6.45, 7) is 19.1. The third-order valence-corrected chi connectivity index (χ3v) is 9.13. The minimum atomic E-state index is -0.580. The number of piperazine rings is 1. The maximum absolute atomic E-state index is 14.2. The summed E-state index contributed by atoms with van der Waals surface area (Å²) >= 11 is 0. The van der Waals surface area contributed by atoms with E-state index in [1.165, 1.54) is 12.1 Å². The zero-order valence-electron chi connectivity index (χ0n) is 27.4. The summed E-state index contributed by atoms with van der Waals surface area (Å²) in [5, 5.41) is 0. The molecule has 2 aromatic carbocycles. The molecule has 0 bridgehead atoms. The van der Waals surface area contributed by atoms with Crippen molar-refractivity contribution in [2.75, 3.05) is 57.4 Å². The number of morpholine rings is 1. The quantitative estimate of drug-likeness (QED) is 0.457. The molecule has 0 aromatic heterocycles. The van der Waals surface area contributed by atoms with Gasteiger partial charge < -0.3 is 19.3 Å². The third kappa shape index (κ3) is 7.44. The fraction of sp³-hybridized carbons (Fsp3) is 0.600. The molecule has 0 N–H and O–H groups in total. The standard InChI is InChI=1S/C35H49FN4O4/c1-24-18-38(29(19-37-14-15-43-22-25(37)2)20-39(24)33(42)44-34(3,4)5)21-32(41)40-23-35(6,7)30-13-10-27(17-31(30)40)16-26-8-11-28(36)12-9-26/h8-13,17,24-25,29H,14-16,18-23H2,1-7H3/t24-,25?,29+/m1/s1. The maximum Gasteiger partial charge on any atom is 0.410 e. The number of nitrogens with zero attached hydrogens (tertiary/aromatic N) is 4. The van der Waals surface area contributed by atoms with E-state index < -0.39 is 5.60 Å². The van der Waals surface area contributed by atoms with Crippen LogP contribution in [0.1, 0.15) is 65.2 Å². The lowest BCUT2D eigenvalue weighted by molar-refractivity contribution is -0.121. The van der Waals surface area contributed by atoms with E-state index in [4.69, 9.17) is 9.47 Å². The van der Waals surface area contributed by atoms with Crippen molar-refractivity contribution in [2.24, 2.45) is 0 Å². The fourth-order valence-electron chi connectivity index (χ4n) is 6.72. The Morgan fingerprint density at radius 1 is 1.00 bits per heavy atom. The van der Waals surface area contributed by atoms with Crippen LogP contribution in [0.25, 0.3) is 0 Å². The van der Waals surface area contributed by atoms with Crippen LogP contribution < -0.4 is 4.90 Å². The zero-order chi connectivity index (χ0) is 31.8. The number of benzene rings is 2. The van der Waals surface area contributed by atoms with Crippen LogP contribution in [0, 0.1) is 5.82 Å². The summed E-state index contributed by atoms with van der Waals surface area (Å²) in [6, 6.07) is 13.1. The molecule has 0 radical (unpaired) electrons. The molecule has 0 saturated carbocycles. The number of hydrogen-bond donors (Lipinski definition) is 0. The molecule has 5 rings (SSSR count). The average Bonchev–Trinajstić information content (AvgIpc) is 3.21. The SMILES string of the molecule is CC1COCCN1C[C@H]1CN(C(=O)OC(C)(C)C)[C@H](C)CN1CC(=O)N1CC(C)(C)c2ccc(Cc3ccc(F)cc3)cc21. The van der Waals surface area contributed by atoms with Crippen LogP contribution in [0.4, 0.5) is 14.9 Å². The molecular formula is C35H49FN4O4. The fourth-order valence-corrected chi connectivity index (χ4v) is 6.72. The Kier molecular flexibility index (Phi) is 9.40. The van der Waals surface area contributed by atoms with Gasteiger partial charge in [-0.2, -0.15) is 0 Å². The number of carbonyl (C=O) groups excluding carboxylic acids is 2. The molecular weight excluding hydrogens is 559 g/mol. The zero-order valence-corrected chi connectivity index (χ0v) is 27.4. The van der Waals surface area contributed by atoms with Crippen molar-refractivity contribution < 1.29 is 23.5 Å². The van der Waals surface area contributed by atoms with Gasteiger partial charge in [0.15, 0.2) is 0 Å². The Labute approximate surface area is 262 Å². The first-order chi connectivity index (χ1) is 20.7. The normalized spacial score (nSPS) is 24.3. The van der Waals surface area contributed by atoms with Gasteiger partial charge in [-0.3, -0.25) is 14.6 Å². The van der Waals surface area contributed by atoms with Gasteiger partial charge in [0.2, 0.25) is 5.91 Å². The lowest BCUT2D eigenvalue weighted by Crippen LogP contribution is -2.64. The Morgan fingerprint density at radius 3 is 2.39 bits per heavy atom. The molecule has 2 amide bonds. The number of hydrogen-bond acceptors (Lipinski definition) is 6. The second-order valence-corrected chi connectivity index (χ2v) is 14.5. The molecule has 2 saturated heterocycles. The summed E-state index contributed by atoms with van der Waals surface area (Å²) in [5.74, 6) is -0.183. The van der Waals surface area contributed by atoms with E-state index >= 15 is 0 Å². The van der Waals surface area contributed by atoms with E-state index in [-0.39, 0.29) is 47.9 Å². The summed E-state index contributed by atoms with van der Waals surface area (Å²) in [4.78, 5) is 35.9. The van der Waals surface area contributed by atoms with E-state index in [9.17, 15) is 14.0 Å². The smallest absolute Gasteiger partial charge is 0.410 e. The van der Waals surface area contributed by atoms with Crippen molar-refractivity contribution in [3.05, 3.63) is 65.0 Å². The van der Waals surface area contributed by atoms with E-state index in [2.05, 4.69) is 48.8 Å². The highest BCUT2D eigenvalue weighted by Crippen LogP contribution is 2.41. The summed E-state index contributed by atoms with van der Waals surface area (Å²) in [5.41, 5.74) is 3.48.